The molecular formula is C22H38N6S2. The highest BCUT2D eigenvalue weighted by Gasteiger charge is 2.21. The van der Waals surface area contributed by atoms with Crippen LogP contribution in [-0.4, -0.2) is 62.3 Å². The van der Waals surface area contributed by atoms with E-state index >= 15 is 0 Å². The molecule has 2 saturated heterocycles. The van der Waals surface area contributed by atoms with Crippen molar-refractivity contribution in [3.63, 3.8) is 0 Å². The zero-order valence-electron chi connectivity index (χ0n) is 19.4. The highest BCUT2D eigenvalue weighted by atomic mass is 32.1. The Morgan fingerprint density at radius 2 is 1.00 bits per heavy atom. The Kier molecular flexibility index (Phi) is 7.76. The quantitative estimate of drug-likeness (QED) is 0.728. The van der Waals surface area contributed by atoms with Crippen LogP contribution in [0.3, 0.4) is 0 Å². The molecule has 0 bridgehead atoms. The average molecular weight is 451 g/mol. The van der Waals surface area contributed by atoms with Gasteiger partial charge in [0.25, 0.3) is 0 Å². The van der Waals surface area contributed by atoms with Crippen LogP contribution < -0.4 is 20.4 Å². The Labute approximate surface area is 190 Å². The minimum absolute atomic E-state index is 0.169. The SMILES string of the molecule is CC(C)(C)c1csc(N2CCNCC2)n1.CC(C)(C)c1csc(N2CCNCC2)n1. The van der Waals surface area contributed by atoms with Crippen molar-refractivity contribution >= 4 is 32.9 Å². The first kappa shape index (κ1) is 23.4. The summed E-state index contributed by atoms with van der Waals surface area (Å²) in [5, 5.41) is 13.5. The smallest absolute Gasteiger partial charge is 0.185 e. The number of nitrogens with one attached hydrogen (secondary N) is 2. The van der Waals surface area contributed by atoms with E-state index in [4.69, 9.17) is 9.97 Å². The van der Waals surface area contributed by atoms with E-state index in [1.807, 2.05) is 0 Å². The van der Waals surface area contributed by atoms with Gasteiger partial charge in [-0.05, 0) is 0 Å². The first-order valence-corrected chi connectivity index (χ1v) is 12.7. The summed E-state index contributed by atoms with van der Waals surface area (Å²) >= 11 is 3.54. The third kappa shape index (κ3) is 6.39. The summed E-state index contributed by atoms with van der Waals surface area (Å²) in [7, 11) is 0. The van der Waals surface area contributed by atoms with Gasteiger partial charge in [-0.25, -0.2) is 9.97 Å². The second-order valence-corrected chi connectivity index (χ2v) is 11.7. The molecule has 2 aliphatic rings. The predicted molar refractivity (Wildman–Crippen MR) is 132 cm³/mol. The minimum atomic E-state index is 0.169. The van der Waals surface area contributed by atoms with E-state index in [-0.39, 0.29) is 10.8 Å². The summed E-state index contributed by atoms with van der Waals surface area (Å²) in [5.41, 5.74) is 2.76. The Morgan fingerprint density at radius 1 is 0.667 bits per heavy atom. The van der Waals surface area contributed by atoms with Crippen molar-refractivity contribution < 1.29 is 0 Å². The highest BCUT2D eigenvalue weighted by Crippen LogP contribution is 2.29. The fourth-order valence-electron chi connectivity index (χ4n) is 3.22. The van der Waals surface area contributed by atoms with E-state index in [0.29, 0.717) is 0 Å². The number of rotatable bonds is 2. The fraction of sp³-hybridized carbons (Fsp3) is 0.727. The van der Waals surface area contributed by atoms with Gasteiger partial charge in [-0.2, -0.15) is 0 Å². The van der Waals surface area contributed by atoms with Crippen LogP contribution in [0.2, 0.25) is 0 Å². The van der Waals surface area contributed by atoms with E-state index in [0.717, 1.165) is 52.4 Å². The van der Waals surface area contributed by atoms with Gasteiger partial charge in [-0.3, -0.25) is 0 Å². The zero-order chi connectivity index (χ0) is 21.8. The molecule has 0 atom stereocenters. The lowest BCUT2D eigenvalue weighted by atomic mass is 9.93. The second-order valence-electron chi connectivity index (χ2n) is 10.0. The van der Waals surface area contributed by atoms with Gasteiger partial charge in [0, 0.05) is 73.9 Å². The fourth-order valence-corrected chi connectivity index (χ4v) is 5.43. The van der Waals surface area contributed by atoms with E-state index < -0.39 is 0 Å². The molecule has 0 amide bonds. The highest BCUT2D eigenvalue weighted by molar-refractivity contribution is 7.14. The van der Waals surface area contributed by atoms with Gasteiger partial charge in [0.1, 0.15) is 0 Å². The molecule has 0 unspecified atom stereocenters. The zero-order valence-corrected chi connectivity index (χ0v) is 21.0. The maximum Gasteiger partial charge on any atom is 0.185 e. The van der Waals surface area contributed by atoms with E-state index in [2.05, 4.69) is 72.7 Å². The summed E-state index contributed by atoms with van der Waals surface area (Å²) in [6, 6.07) is 0. The number of nitrogens with zero attached hydrogens (tertiary/aromatic N) is 4. The summed E-state index contributed by atoms with van der Waals surface area (Å²) in [4.78, 5) is 14.2. The monoisotopic (exact) mass is 450 g/mol. The molecule has 0 saturated carbocycles. The molecule has 0 spiro atoms. The molecular weight excluding hydrogens is 412 g/mol. The van der Waals surface area contributed by atoms with E-state index in [9.17, 15) is 0 Å². The molecule has 0 aliphatic carbocycles. The molecule has 168 valence electrons. The molecule has 8 heteroatoms. The van der Waals surface area contributed by atoms with Crippen LogP contribution >= 0.6 is 22.7 Å². The number of thiazole rings is 2. The molecule has 0 aromatic carbocycles. The lowest BCUT2D eigenvalue weighted by molar-refractivity contribution is 0.564. The lowest BCUT2D eigenvalue weighted by Gasteiger charge is -2.26. The number of hydrogen-bond acceptors (Lipinski definition) is 8. The Hall–Kier alpha value is -1.22. The van der Waals surface area contributed by atoms with Gasteiger partial charge in [-0.1, -0.05) is 41.5 Å². The first-order valence-electron chi connectivity index (χ1n) is 11.0. The summed E-state index contributed by atoms with van der Waals surface area (Å²) < 4.78 is 0. The maximum absolute atomic E-state index is 4.72. The van der Waals surface area contributed by atoms with Gasteiger partial charge in [0.15, 0.2) is 10.3 Å². The average Bonchev–Trinajstić information content (AvgIpc) is 3.40. The van der Waals surface area contributed by atoms with Crippen molar-refractivity contribution in [3.05, 3.63) is 22.1 Å². The van der Waals surface area contributed by atoms with Crippen LogP contribution in [0.1, 0.15) is 52.9 Å². The number of aromatic nitrogens is 2. The van der Waals surface area contributed by atoms with Gasteiger partial charge in [-0.15, -0.1) is 22.7 Å². The topological polar surface area (TPSA) is 56.3 Å². The summed E-state index contributed by atoms with van der Waals surface area (Å²) in [5.74, 6) is 0. The maximum atomic E-state index is 4.72. The summed E-state index contributed by atoms with van der Waals surface area (Å²) in [6.45, 7) is 21.9. The van der Waals surface area contributed by atoms with Crippen LogP contribution in [0, 0.1) is 0 Å². The third-order valence-electron chi connectivity index (χ3n) is 5.30. The van der Waals surface area contributed by atoms with Crippen molar-refractivity contribution in [2.24, 2.45) is 0 Å². The Morgan fingerprint density at radius 3 is 1.27 bits per heavy atom. The molecule has 2 fully saturated rings. The van der Waals surface area contributed by atoms with Crippen LogP contribution in [-0.2, 0) is 10.8 Å². The Bertz CT molecular complexity index is 708. The van der Waals surface area contributed by atoms with Crippen LogP contribution in [0.4, 0.5) is 10.3 Å². The number of piperazine rings is 2. The number of hydrogen-bond donors (Lipinski definition) is 2. The molecule has 2 aromatic heterocycles. The molecule has 4 heterocycles. The van der Waals surface area contributed by atoms with Crippen LogP contribution in [0.5, 0.6) is 0 Å². The van der Waals surface area contributed by atoms with Crippen molar-refractivity contribution in [1.29, 1.82) is 0 Å². The van der Waals surface area contributed by atoms with Crippen LogP contribution in [0.25, 0.3) is 0 Å². The van der Waals surface area contributed by atoms with E-state index in [1.165, 1.54) is 21.7 Å². The van der Waals surface area contributed by atoms with Crippen LogP contribution in [0.15, 0.2) is 10.8 Å². The molecule has 0 radical (unpaired) electrons. The third-order valence-corrected chi connectivity index (χ3v) is 7.10. The van der Waals surface area contributed by atoms with Crippen molar-refractivity contribution in [2.45, 2.75) is 52.4 Å². The molecule has 4 rings (SSSR count). The lowest BCUT2D eigenvalue weighted by Crippen LogP contribution is -2.43. The minimum Gasteiger partial charge on any atom is -0.346 e. The molecule has 2 aliphatic heterocycles. The van der Waals surface area contributed by atoms with Crippen molar-refractivity contribution in [1.82, 2.24) is 20.6 Å². The summed E-state index contributed by atoms with van der Waals surface area (Å²) in [6.07, 6.45) is 0. The first-order chi connectivity index (χ1) is 14.1. The van der Waals surface area contributed by atoms with Gasteiger partial charge in [0.05, 0.1) is 11.4 Å². The largest absolute Gasteiger partial charge is 0.346 e. The van der Waals surface area contributed by atoms with E-state index in [1.54, 1.807) is 22.7 Å². The molecule has 6 nitrogen and oxygen atoms in total. The number of anilines is 2. The Balaban J connectivity index is 0.000000171. The normalized spacial score (nSPS) is 18.2. The predicted octanol–water partition coefficient (Wildman–Crippen LogP) is 3.70. The van der Waals surface area contributed by atoms with Crippen molar-refractivity contribution in [2.75, 3.05) is 62.2 Å². The second kappa shape index (κ2) is 9.94. The van der Waals surface area contributed by atoms with Gasteiger partial charge >= 0.3 is 0 Å². The molecule has 2 aromatic rings. The standard InChI is InChI=1S/2C11H19N3S/c2*1-11(2,3)9-8-15-10(13-9)14-6-4-12-5-7-14/h2*8,12H,4-7H2,1-3H3. The molecule has 30 heavy (non-hydrogen) atoms. The molecule has 2 N–H and O–H groups in total. The van der Waals surface area contributed by atoms with Gasteiger partial charge in [0.2, 0.25) is 0 Å². The van der Waals surface area contributed by atoms with Crippen molar-refractivity contribution in [3.8, 4) is 0 Å². The van der Waals surface area contributed by atoms with Gasteiger partial charge < -0.3 is 20.4 Å².